The number of hydrazone groups is 1. The van der Waals surface area contributed by atoms with Crippen molar-refractivity contribution in [1.82, 2.24) is 5.43 Å². The van der Waals surface area contributed by atoms with Crippen LogP contribution in [-0.4, -0.2) is 24.8 Å². The smallest absolute Gasteiger partial charge is 0.172 e. The molecule has 0 saturated heterocycles. The molecule has 1 heterocycles. The quantitative estimate of drug-likeness (QED) is 0.496. The second-order valence-electron chi connectivity index (χ2n) is 1.71. The molecule has 0 unspecified atom stereocenters. The first-order valence-electron chi connectivity index (χ1n) is 2.88. The summed E-state index contributed by atoms with van der Waals surface area (Å²) in [5.41, 5.74) is 3.15. The third-order valence-electron chi connectivity index (χ3n) is 1.02. The molecule has 0 aliphatic carbocycles. The molecule has 1 aliphatic heterocycles. The van der Waals surface area contributed by atoms with Crippen LogP contribution in [0.4, 0.5) is 0 Å². The molecule has 0 aromatic carbocycles. The van der Waals surface area contributed by atoms with Crippen LogP contribution >= 0.6 is 0 Å². The molecule has 0 spiro atoms. The van der Waals surface area contributed by atoms with E-state index in [4.69, 9.17) is 5.41 Å². The van der Waals surface area contributed by atoms with Crippen LogP contribution in [0, 0.1) is 5.41 Å². The molecule has 4 nitrogen and oxygen atoms in total. The largest absolute Gasteiger partial charge is 0.312 e. The van der Waals surface area contributed by atoms with Crippen LogP contribution in [0.3, 0.4) is 0 Å². The number of rotatable bonds is 1. The van der Waals surface area contributed by atoms with E-state index in [1.54, 1.807) is 25.4 Å². The molecule has 0 amide bonds. The normalized spacial score (nSPS) is 20.1. The lowest BCUT2D eigenvalue weighted by molar-refractivity contribution is 0.905. The molecular weight excluding hydrogens is 128 g/mol. The Morgan fingerprint density at radius 3 is 3.10 bits per heavy atom. The van der Waals surface area contributed by atoms with Crippen molar-refractivity contribution < 1.29 is 0 Å². The van der Waals surface area contributed by atoms with Gasteiger partial charge in [-0.15, -0.1) is 0 Å². The number of nitrogens with zero attached hydrogens (tertiary/aromatic N) is 2. The number of aliphatic imine (C=N–C) groups is 1. The molecule has 0 atom stereocenters. The van der Waals surface area contributed by atoms with Gasteiger partial charge < -0.3 is 5.43 Å². The van der Waals surface area contributed by atoms with Crippen LogP contribution in [0.5, 0.6) is 0 Å². The molecular formula is C6H8N4. The van der Waals surface area contributed by atoms with E-state index in [1.165, 1.54) is 0 Å². The Morgan fingerprint density at radius 1 is 1.70 bits per heavy atom. The van der Waals surface area contributed by atoms with Crippen LogP contribution in [0.2, 0.25) is 0 Å². The summed E-state index contributed by atoms with van der Waals surface area (Å²) in [6.45, 7) is 0. The Kier molecular flexibility index (Phi) is 1.94. The average molecular weight is 136 g/mol. The Balaban J connectivity index is 2.80. The fourth-order valence-electron chi connectivity index (χ4n) is 0.607. The first-order chi connectivity index (χ1) is 4.84. The van der Waals surface area contributed by atoms with E-state index in [9.17, 15) is 0 Å². The molecule has 0 aromatic heterocycles. The number of nitrogens with one attached hydrogen (secondary N) is 2. The van der Waals surface area contributed by atoms with Crippen molar-refractivity contribution in [3.8, 4) is 0 Å². The minimum atomic E-state index is 0.192. The molecule has 0 fully saturated rings. The summed E-state index contributed by atoms with van der Waals surface area (Å²) in [5.74, 6) is 0.192. The Bertz CT molecular complexity index is 224. The fraction of sp³-hybridized carbons (Fsp3) is 0.167. The first-order valence-corrected chi connectivity index (χ1v) is 2.88. The fourth-order valence-corrected chi connectivity index (χ4v) is 0.607. The van der Waals surface area contributed by atoms with Gasteiger partial charge in [0.05, 0.1) is 0 Å². The Morgan fingerprint density at radius 2 is 2.50 bits per heavy atom. The summed E-state index contributed by atoms with van der Waals surface area (Å²) in [6.07, 6.45) is 5.04. The number of amidine groups is 1. The molecule has 1 aliphatic rings. The molecule has 2 N–H and O–H groups in total. The maximum Gasteiger partial charge on any atom is 0.172 e. The summed E-state index contributed by atoms with van der Waals surface area (Å²) >= 11 is 0. The lowest BCUT2D eigenvalue weighted by atomic mass is 10.3. The molecule has 10 heavy (non-hydrogen) atoms. The van der Waals surface area contributed by atoms with Crippen molar-refractivity contribution in [2.45, 2.75) is 0 Å². The van der Waals surface area contributed by atoms with Crippen molar-refractivity contribution in [3.63, 3.8) is 0 Å². The third kappa shape index (κ3) is 1.28. The zero-order chi connectivity index (χ0) is 7.40. The van der Waals surface area contributed by atoms with Crippen LogP contribution in [0.15, 0.2) is 22.2 Å². The molecule has 4 heteroatoms. The van der Waals surface area contributed by atoms with E-state index < -0.39 is 0 Å². The van der Waals surface area contributed by atoms with Crippen molar-refractivity contribution in [1.29, 1.82) is 5.41 Å². The van der Waals surface area contributed by atoms with E-state index in [-0.39, 0.29) is 5.84 Å². The van der Waals surface area contributed by atoms with Gasteiger partial charge in [-0.2, -0.15) is 5.10 Å². The monoisotopic (exact) mass is 136 g/mol. The maximum absolute atomic E-state index is 7.23. The van der Waals surface area contributed by atoms with Crippen molar-refractivity contribution in [3.05, 3.63) is 12.2 Å². The van der Waals surface area contributed by atoms with E-state index >= 15 is 0 Å². The third-order valence-corrected chi connectivity index (χ3v) is 1.02. The summed E-state index contributed by atoms with van der Waals surface area (Å²) in [5, 5.41) is 11.0. The van der Waals surface area contributed by atoms with Gasteiger partial charge in [-0.3, -0.25) is 5.41 Å². The highest BCUT2D eigenvalue weighted by atomic mass is 15.3. The lowest BCUT2D eigenvalue weighted by Crippen LogP contribution is -2.14. The van der Waals surface area contributed by atoms with Gasteiger partial charge >= 0.3 is 0 Å². The summed E-state index contributed by atoms with van der Waals surface area (Å²) in [6, 6.07) is 0. The van der Waals surface area contributed by atoms with Crippen molar-refractivity contribution >= 4 is 17.8 Å². The highest BCUT2D eigenvalue weighted by Gasteiger charge is 2.02. The van der Waals surface area contributed by atoms with E-state index in [0.717, 1.165) is 0 Å². The van der Waals surface area contributed by atoms with Gasteiger partial charge in [0.1, 0.15) is 5.71 Å². The molecule has 0 aromatic rings. The lowest BCUT2D eigenvalue weighted by Gasteiger charge is -1.99. The number of allylic oxidation sites excluding steroid dienone is 1. The van der Waals surface area contributed by atoms with Gasteiger partial charge in [-0.05, 0) is 12.2 Å². The zero-order valence-electron chi connectivity index (χ0n) is 5.63. The van der Waals surface area contributed by atoms with Gasteiger partial charge in [0, 0.05) is 13.3 Å². The van der Waals surface area contributed by atoms with Gasteiger partial charge in [-0.1, -0.05) is 0 Å². The average Bonchev–Trinajstić information content (AvgIpc) is 1.94. The molecule has 52 valence electrons. The summed E-state index contributed by atoms with van der Waals surface area (Å²) < 4.78 is 0. The maximum atomic E-state index is 7.23. The van der Waals surface area contributed by atoms with Gasteiger partial charge in [0.25, 0.3) is 0 Å². The van der Waals surface area contributed by atoms with Crippen LogP contribution in [0.1, 0.15) is 0 Å². The number of hydrogen-bond donors (Lipinski definition) is 2. The van der Waals surface area contributed by atoms with Crippen LogP contribution in [0.25, 0.3) is 0 Å². The van der Waals surface area contributed by atoms with Gasteiger partial charge in [0.15, 0.2) is 5.84 Å². The van der Waals surface area contributed by atoms with Crippen molar-refractivity contribution in [2.75, 3.05) is 7.05 Å². The number of hydrogen-bond acceptors (Lipinski definition) is 3. The molecule has 1 rings (SSSR count). The van der Waals surface area contributed by atoms with E-state index in [2.05, 4.69) is 15.5 Å². The standard InChI is InChI=1S/C6H8N4/c1-8-10-5-3-2-4-9-6(5)7/h2-4,7-8H,1H3/b7-6?,10-5-. The minimum absolute atomic E-state index is 0.192. The van der Waals surface area contributed by atoms with Crippen LogP contribution in [-0.2, 0) is 0 Å². The Hall–Kier alpha value is -1.45. The second-order valence-corrected chi connectivity index (χ2v) is 1.71. The van der Waals surface area contributed by atoms with Gasteiger partial charge in [0.2, 0.25) is 0 Å². The van der Waals surface area contributed by atoms with E-state index in [1.807, 2.05) is 0 Å². The molecule has 0 bridgehead atoms. The van der Waals surface area contributed by atoms with Gasteiger partial charge in [-0.25, -0.2) is 4.99 Å². The second kappa shape index (κ2) is 2.91. The summed E-state index contributed by atoms with van der Waals surface area (Å²) in [4.78, 5) is 3.73. The highest BCUT2D eigenvalue weighted by molar-refractivity contribution is 6.47. The summed E-state index contributed by atoms with van der Waals surface area (Å²) in [7, 11) is 1.69. The van der Waals surface area contributed by atoms with E-state index in [0.29, 0.717) is 5.71 Å². The van der Waals surface area contributed by atoms with Crippen molar-refractivity contribution in [2.24, 2.45) is 10.1 Å². The number of dihydropyridines is 1. The van der Waals surface area contributed by atoms with Crippen LogP contribution < -0.4 is 5.43 Å². The topological polar surface area (TPSA) is 60.6 Å². The minimum Gasteiger partial charge on any atom is -0.312 e. The SMILES string of the molecule is CN/N=C1/C=CC=NC1=N. The Labute approximate surface area is 58.9 Å². The first kappa shape index (κ1) is 6.67. The molecule has 0 radical (unpaired) electrons. The zero-order valence-corrected chi connectivity index (χ0v) is 5.63. The highest BCUT2D eigenvalue weighted by Crippen LogP contribution is 1.90. The predicted molar refractivity (Wildman–Crippen MR) is 41.9 cm³/mol. The molecule has 0 saturated carbocycles. The predicted octanol–water partition coefficient (Wildman–Crippen LogP) is 0.180.